The number of nitrogens with zero attached hydrogens (tertiary/aromatic N) is 1. The van der Waals surface area contributed by atoms with E-state index in [0.29, 0.717) is 26.5 Å². The van der Waals surface area contributed by atoms with E-state index in [0.717, 1.165) is 6.42 Å². The summed E-state index contributed by atoms with van der Waals surface area (Å²) in [5, 5.41) is 1.69. The van der Waals surface area contributed by atoms with Gasteiger partial charge in [0.05, 0.1) is 16.3 Å². The Morgan fingerprint density at radius 1 is 1.26 bits per heavy atom. The summed E-state index contributed by atoms with van der Waals surface area (Å²) in [6.07, 6.45) is 2.29. The van der Waals surface area contributed by atoms with Crippen molar-refractivity contribution in [1.82, 2.24) is 5.43 Å². The molecule has 0 radical (unpaired) electrons. The molecule has 0 bridgehead atoms. The van der Waals surface area contributed by atoms with Gasteiger partial charge in [-0.15, -0.1) is 0 Å². The van der Waals surface area contributed by atoms with Crippen LogP contribution in [0.2, 0.25) is 5.02 Å². The van der Waals surface area contributed by atoms with Crippen molar-refractivity contribution in [3.63, 3.8) is 0 Å². The Bertz CT molecular complexity index is 915. The molecule has 1 saturated heterocycles. The highest BCUT2D eigenvalue weighted by molar-refractivity contribution is 9.10. The number of hydrogen-bond donors (Lipinski definition) is 1. The summed E-state index contributed by atoms with van der Waals surface area (Å²) in [6, 6.07) is 12.3. The Morgan fingerprint density at radius 2 is 1.96 bits per heavy atom. The molecule has 2 aromatic rings. The van der Waals surface area contributed by atoms with Gasteiger partial charge in [-0.2, -0.15) is 0 Å². The van der Waals surface area contributed by atoms with Crippen LogP contribution in [0.15, 0.2) is 52.5 Å². The lowest BCUT2D eigenvalue weighted by molar-refractivity contribution is -0.117. The first-order valence-corrected chi connectivity index (χ1v) is 9.65. The van der Waals surface area contributed by atoms with E-state index in [1.54, 1.807) is 36.4 Å². The summed E-state index contributed by atoms with van der Waals surface area (Å²) >= 11 is 9.61. The quantitative estimate of drug-likeness (QED) is 0.530. The van der Waals surface area contributed by atoms with Crippen molar-refractivity contribution >= 4 is 51.1 Å². The average Bonchev–Trinajstić information content (AvgIpc) is 2.93. The molecule has 2 aromatic carbocycles. The van der Waals surface area contributed by atoms with E-state index in [4.69, 9.17) is 16.3 Å². The number of benzene rings is 2. The number of hydrogen-bond acceptors (Lipinski definition) is 3. The van der Waals surface area contributed by atoms with Crippen molar-refractivity contribution < 1.29 is 14.3 Å². The number of ether oxygens (including phenoxy) is 1. The van der Waals surface area contributed by atoms with Crippen molar-refractivity contribution in [2.45, 2.75) is 26.4 Å². The fraction of sp³-hybridized carbons (Fsp3) is 0.200. The number of anilines is 1. The summed E-state index contributed by atoms with van der Waals surface area (Å²) in [7, 11) is 0. The van der Waals surface area contributed by atoms with Crippen LogP contribution in [0.4, 0.5) is 5.69 Å². The molecule has 1 aliphatic heterocycles. The predicted octanol–water partition coefficient (Wildman–Crippen LogP) is 4.74. The van der Waals surface area contributed by atoms with Gasteiger partial charge in [0.1, 0.15) is 11.3 Å². The molecule has 0 aromatic heterocycles. The molecule has 2 amide bonds. The Morgan fingerprint density at radius 3 is 2.63 bits per heavy atom. The molecule has 140 valence electrons. The van der Waals surface area contributed by atoms with Gasteiger partial charge in [-0.3, -0.25) is 15.0 Å². The molecule has 0 spiro atoms. The van der Waals surface area contributed by atoms with Gasteiger partial charge < -0.3 is 4.74 Å². The Hall–Kier alpha value is -2.31. The number of nitrogens with one attached hydrogen (secondary N) is 1. The lowest BCUT2D eigenvalue weighted by Gasteiger charge is -2.17. The van der Waals surface area contributed by atoms with E-state index in [9.17, 15) is 9.59 Å². The monoisotopic (exact) mass is 448 g/mol. The minimum absolute atomic E-state index is 0.0158. The molecule has 0 aliphatic carbocycles. The highest BCUT2D eigenvalue weighted by Crippen LogP contribution is 2.36. The van der Waals surface area contributed by atoms with Gasteiger partial charge in [0.15, 0.2) is 0 Å². The van der Waals surface area contributed by atoms with Gasteiger partial charge in [0.25, 0.3) is 11.8 Å². The second kappa shape index (κ2) is 8.15. The minimum atomic E-state index is -0.477. The molecule has 5 nitrogen and oxygen atoms in total. The smallest absolute Gasteiger partial charge is 0.282 e. The van der Waals surface area contributed by atoms with E-state index in [1.165, 1.54) is 11.1 Å². The molecular weight excluding hydrogens is 432 g/mol. The van der Waals surface area contributed by atoms with E-state index in [2.05, 4.69) is 21.4 Å². The zero-order valence-electron chi connectivity index (χ0n) is 14.8. The maximum atomic E-state index is 12.8. The Balaban J connectivity index is 2.01. The zero-order chi connectivity index (χ0) is 19.6. The number of carbonyl (C=O) groups is 2. The van der Waals surface area contributed by atoms with Crippen molar-refractivity contribution in [3.8, 4) is 5.75 Å². The molecule has 3 rings (SSSR count). The van der Waals surface area contributed by atoms with Crippen molar-refractivity contribution in [3.05, 3.63) is 63.1 Å². The first kappa shape index (κ1) is 19.5. The summed E-state index contributed by atoms with van der Waals surface area (Å²) in [5.41, 5.74) is 3.74. The number of para-hydroxylation sites is 1. The first-order chi connectivity index (χ1) is 12.9. The van der Waals surface area contributed by atoms with Crippen molar-refractivity contribution in [1.29, 1.82) is 0 Å². The topological polar surface area (TPSA) is 58.6 Å². The van der Waals surface area contributed by atoms with Crippen LogP contribution in [0.1, 0.15) is 25.8 Å². The fourth-order valence-electron chi connectivity index (χ4n) is 2.57. The number of amides is 2. The Labute approximate surface area is 171 Å². The summed E-state index contributed by atoms with van der Waals surface area (Å²) in [6.45, 7) is 3.96. The van der Waals surface area contributed by atoms with Crippen LogP contribution in [-0.2, 0) is 9.59 Å². The van der Waals surface area contributed by atoms with Gasteiger partial charge >= 0.3 is 0 Å². The molecule has 1 aliphatic rings. The number of rotatable bonds is 5. The van der Waals surface area contributed by atoms with E-state index in [1.807, 2.05) is 19.9 Å². The van der Waals surface area contributed by atoms with Crippen LogP contribution in [0.5, 0.6) is 5.75 Å². The normalized spacial score (nSPS) is 16.6. The Kier molecular flexibility index (Phi) is 5.87. The van der Waals surface area contributed by atoms with Gasteiger partial charge in [-0.05, 0) is 59.6 Å². The van der Waals surface area contributed by atoms with E-state index >= 15 is 0 Å². The van der Waals surface area contributed by atoms with Gasteiger partial charge in [0, 0.05) is 10.6 Å². The molecule has 0 saturated carbocycles. The lowest BCUT2D eigenvalue weighted by Crippen LogP contribution is -2.35. The first-order valence-electron chi connectivity index (χ1n) is 8.48. The highest BCUT2D eigenvalue weighted by Gasteiger charge is 2.34. The molecule has 7 heteroatoms. The molecule has 1 N–H and O–H groups in total. The van der Waals surface area contributed by atoms with Gasteiger partial charge in [0.2, 0.25) is 0 Å². The van der Waals surface area contributed by atoms with Crippen molar-refractivity contribution in [2.75, 3.05) is 5.01 Å². The van der Waals surface area contributed by atoms with Crippen LogP contribution >= 0.6 is 27.5 Å². The predicted molar refractivity (Wildman–Crippen MR) is 110 cm³/mol. The standard InChI is InChI=1S/C20H18BrClN2O3/c1-3-12(2)27-18-13(9-14(22)11-17(18)21)10-16-19(25)23-24(20(16)26)15-7-5-4-6-8-15/h4-12H,3H2,1-2H3,(H,23,25). The van der Waals surface area contributed by atoms with Gasteiger partial charge in [-0.1, -0.05) is 36.7 Å². The molecule has 1 heterocycles. The number of carbonyl (C=O) groups excluding carboxylic acids is 2. The largest absolute Gasteiger partial charge is 0.489 e. The summed E-state index contributed by atoms with van der Waals surface area (Å²) in [5.74, 6) is -0.369. The molecular formula is C20H18BrClN2O3. The van der Waals surface area contributed by atoms with E-state index in [-0.39, 0.29) is 11.7 Å². The average molecular weight is 450 g/mol. The zero-order valence-corrected chi connectivity index (χ0v) is 17.2. The lowest BCUT2D eigenvalue weighted by atomic mass is 10.1. The summed E-state index contributed by atoms with van der Waals surface area (Å²) in [4.78, 5) is 25.2. The van der Waals surface area contributed by atoms with Crippen molar-refractivity contribution in [2.24, 2.45) is 0 Å². The van der Waals surface area contributed by atoms with Gasteiger partial charge in [-0.25, -0.2) is 5.01 Å². The molecule has 27 heavy (non-hydrogen) atoms. The third-order valence-electron chi connectivity index (χ3n) is 4.14. The maximum Gasteiger partial charge on any atom is 0.282 e. The maximum absolute atomic E-state index is 12.8. The molecule has 1 fully saturated rings. The summed E-state index contributed by atoms with van der Waals surface area (Å²) < 4.78 is 6.63. The van der Waals surface area contributed by atoms with Crippen LogP contribution in [0, 0.1) is 0 Å². The van der Waals surface area contributed by atoms with Crippen LogP contribution in [0.25, 0.3) is 6.08 Å². The minimum Gasteiger partial charge on any atom is -0.489 e. The third kappa shape index (κ3) is 4.17. The molecule has 1 atom stereocenters. The SMILES string of the molecule is CCC(C)Oc1c(Br)cc(Cl)cc1C=C1C(=O)NN(c2ccccc2)C1=O. The van der Waals surface area contributed by atoms with Crippen LogP contribution < -0.4 is 15.2 Å². The second-order valence-corrected chi connectivity index (χ2v) is 7.41. The number of halogens is 2. The van der Waals surface area contributed by atoms with Crippen LogP contribution in [-0.4, -0.2) is 17.9 Å². The highest BCUT2D eigenvalue weighted by atomic mass is 79.9. The molecule has 1 unspecified atom stereocenters. The third-order valence-corrected chi connectivity index (χ3v) is 4.94. The fourth-order valence-corrected chi connectivity index (χ4v) is 3.50. The second-order valence-electron chi connectivity index (χ2n) is 6.12. The van der Waals surface area contributed by atoms with E-state index < -0.39 is 11.8 Å². The number of hydrazine groups is 1. The van der Waals surface area contributed by atoms with Crippen LogP contribution in [0.3, 0.4) is 0 Å².